The first kappa shape index (κ1) is 13.2. The molecule has 16 heavy (non-hydrogen) atoms. The van der Waals surface area contributed by atoms with Gasteiger partial charge in [0.05, 0.1) is 4.90 Å². The number of nitrogens with zero attached hydrogens (tertiary/aromatic N) is 1. The van der Waals surface area contributed by atoms with Gasteiger partial charge in [0.2, 0.25) is 10.0 Å². The molecule has 1 N–H and O–H groups in total. The van der Waals surface area contributed by atoms with Crippen LogP contribution in [-0.4, -0.2) is 38.0 Å². The van der Waals surface area contributed by atoms with Crippen LogP contribution in [0.1, 0.15) is 12.5 Å². The maximum atomic E-state index is 11.9. The van der Waals surface area contributed by atoms with E-state index in [0.717, 1.165) is 5.56 Å². The Hall–Kier alpha value is -0.910. The Balaban J connectivity index is 2.97. The van der Waals surface area contributed by atoms with E-state index in [2.05, 4.69) is 0 Å². The normalized spacial score (nSPS) is 12.0. The molecule has 1 rings (SSSR count). The van der Waals surface area contributed by atoms with E-state index < -0.39 is 10.0 Å². The van der Waals surface area contributed by atoms with Gasteiger partial charge < -0.3 is 5.11 Å². The van der Waals surface area contributed by atoms with Crippen molar-refractivity contribution in [2.24, 2.45) is 0 Å². The highest BCUT2D eigenvalue weighted by Crippen LogP contribution is 2.15. The molecule has 0 fully saturated rings. The highest BCUT2D eigenvalue weighted by molar-refractivity contribution is 7.89. The summed E-state index contributed by atoms with van der Waals surface area (Å²) in [5.74, 6) is 0. The van der Waals surface area contributed by atoms with Gasteiger partial charge in [-0.1, -0.05) is 19.1 Å². The van der Waals surface area contributed by atoms with Crippen LogP contribution in [0.2, 0.25) is 0 Å². The number of sulfonamides is 1. The Morgan fingerprint density at radius 3 is 2.25 bits per heavy atom. The van der Waals surface area contributed by atoms with Crippen molar-refractivity contribution < 1.29 is 13.5 Å². The molecule has 0 radical (unpaired) electrons. The fourth-order valence-electron chi connectivity index (χ4n) is 1.31. The molecule has 0 amide bonds. The third kappa shape index (κ3) is 2.81. The van der Waals surface area contributed by atoms with E-state index in [-0.39, 0.29) is 6.61 Å². The summed E-state index contributed by atoms with van der Waals surface area (Å²) in [6, 6.07) is 6.61. The summed E-state index contributed by atoms with van der Waals surface area (Å²) in [7, 11) is -1.80. The first-order valence-corrected chi connectivity index (χ1v) is 6.62. The van der Waals surface area contributed by atoms with Crippen molar-refractivity contribution in [2.75, 3.05) is 20.2 Å². The molecule has 1 aromatic carbocycles. The maximum absolute atomic E-state index is 11.9. The van der Waals surface area contributed by atoms with Crippen molar-refractivity contribution in [3.63, 3.8) is 0 Å². The number of hydrogen-bond acceptors (Lipinski definition) is 3. The SMILES string of the molecule is CCN(C)S(=O)(=O)c1ccc(CCO)cc1. The minimum Gasteiger partial charge on any atom is -0.396 e. The number of rotatable bonds is 5. The van der Waals surface area contributed by atoms with Gasteiger partial charge in [0.15, 0.2) is 0 Å². The second kappa shape index (κ2) is 5.43. The zero-order valence-corrected chi connectivity index (χ0v) is 10.4. The van der Waals surface area contributed by atoms with Crippen LogP contribution >= 0.6 is 0 Å². The Labute approximate surface area is 96.6 Å². The van der Waals surface area contributed by atoms with Gasteiger partial charge in [0.25, 0.3) is 0 Å². The van der Waals surface area contributed by atoms with Gasteiger partial charge >= 0.3 is 0 Å². The average molecular weight is 243 g/mol. The van der Waals surface area contributed by atoms with Crippen molar-refractivity contribution in [3.8, 4) is 0 Å². The summed E-state index contributed by atoms with van der Waals surface area (Å²) in [6.07, 6.45) is 0.546. The van der Waals surface area contributed by atoms with E-state index in [1.54, 1.807) is 38.2 Å². The van der Waals surface area contributed by atoms with Crippen LogP contribution in [0.3, 0.4) is 0 Å². The first-order valence-electron chi connectivity index (χ1n) is 5.18. The number of aliphatic hydroxyl groups is 1. The smallest absolute Gasteiger partial charge is 0.242 e. The van der Waals surface area contributed by atoms with E-state index in [9.17, 15) is 8.42 Å². The van der Waals surface area contributed by atoms with E-state index in [1.165, 1.54) is 4.31 Å². The summed E-state index contributed by atoms with van der Waals surface area (Å²) < 4.78 is 25.1. The van der Waals surface area contributed by atoms with Crippen LogP contribution in [0.4, 0.5) is 0 Å². The van der Waals surface area contributed by atoms with E-state index in [4.69, 9.17) is 5.11 Å². The van der Waals surface area contributed by atoms with Gasteiger partial charge in [-0.2, -0.15) is 0 Å². The third-order valence-electron chi connectivity index (χ3n) is 2.48. The molecular formula is C11H17NO3S. The standard InChI is InChI=1S/C11H17NO3S/c1-3-12(2)16(14,15)11-6-4-10(5-7-11)8-9-13/h4-7,13H,3,8-9H2,1-2H3. The molecule has 0 bridgehead atoms. The minimum atomic E-state index is -3.35. The Morgan fingerprint density at radius 2 is 1.81 bits per heavy atom. The molecule has 4 nitrogen and oxygen atoms in total. The lowest BCUT2D eigenvalue weighted by atomic mass is 10.2. The molecule has 0 aliphatic rings. The molecule has 0 saturated heterocycles. The summed E-state index contributed by atoms with van der Waals surface area (Å²) in [6.45, 7) is 2.30. The molecule has 0 saturated carbocycles. The second-order valence-electron chi connectivity index (χ2n) is 3.54. The van der Waals surface area contributed by atoms with Crippen LogP contribution in [0.25, 0.3) is 0 Å². The van der Waals surface area contributed by atoms with Crippen molar-refractivity contribution in [2.45, 2.75) is 18.2 Å². The monoisotopic (exact) mass is 243 g/mol. The molecule has 0 unspecified atom stereocenters. The first-order chi connectivity index (χ1) is 7.52. The van der Waals surface area contributed by atoms with Gasteiger partial charge in [0, 0.05) is 20.2 Å². The molecule has 0 heterocycles. The van der Waals surface area contributed by atoms with Crippen molar-refractivity contribution in [3.05, 3.63) is 29.8 Å². The van der Waals surface area contributed by atoms with Gasteiger partial charge in [-0.05, 0) is 24.1 Å². The van der Waals surface area contributed by atoms with Crippen molar-refractivity contribution in [1.29, 1.82) is 0 Å². The number of benzene rings is 1. The van der Waals surface area contributed by atoms with Gasteiger partial charge in [-0.15, -0.1) is 0 Å². The fourth-order valence-corrected chi connectivity index (χ4v) is 2.49. The maximum Gasteiger partial charge on any atom is 0.242 e. The molecule has 1 aromatic rings. The summed E-state index contributed by atoms with van der Waals surface area (Å²) in [5, 5.41) is 8.75. The molecule has 90 valence electrons. The molecule has 0 aliphatic heterocycles. The highest BCUT2D eigenvalue weighted by Gasteiger charge is 2.18. The van der Waals surface area contributed by atoms with E-state index in [0.29, 0.717) is 17.9 Å². The Bertz CT molecular complexity index is 425. The van der Waals surface area contributed by atoms with E-state index >= 15 is 0 Å². The van der Waals surface area contributed by atoms with Gasteiger partial charge in [0.1, 0.15) is 0 Å². The van der Waals surface area contributed by atoms with Crippen LogP contribution < -0.4 is 0 Å². The van der Waals surface area contributed by atoms with Crippen molar-refractivity contribution in [1.82, 2.24) is 4.31 Å². The predicted molar refractivity (Wildman–Crippen MR) is 62.7 cm³/mol. The zero-order valence-electron chi connectivity index (χ0n) is 9.55. The Kier molecular flexibility index (Phi) is 4.46. The second-order valence-corrected chi connectivity index (χ2v) is 5.58. The lowest BCUT2D eigenvalue weighted by Crippen LogP contribution is -2.26. The summed E-state index contributed by atoms with van der Waals surface area (Å²) in [4.78, 5) is 0.290. The van der Waals surface area contributed by atoms with Gasteiger partial charge in [-0.3, -0.25) is 0 Å². The summed E-state index contributed by atoms with van der Waals surface area (Å²) >= 11 is 0. The molecule has 5 heteroatoms. The average Bonchev–Trinajstić information content (AvgIpc) is 2.29. The van der Waals surface area contributed by atoms with Crippen LogP contribution in [0.15, 0.2) is 29.2 Å². The topological polar surface area (TPSA) is 57.6 Å². The zero-order chi connectivity index (χ0) is 12.2. The Morgan fingerprint density at radius 1 is 1.25 bits per heavy atom. The molecule has 0 aliphatic carbocycles. The van der Waals surface area contributed by atoms with Gasteiger partial charge in [-0.25, -0.2) is 12.7 Å². The lowest BCUT2D eigenvalue weighted by molar-refractivity contribution is 0.299. The lowest BCUT2D eigenvalue weighted by Gasteiger charge is -2.14. The minimum absolute atomic E-state index is 0.0704. The van der Waals surface area contributed by atoms with Crippen LogP contribution in [0.5, 0.6) is 0 Å². The predicted octanol–water partition coefficient (Wildman–Crippen LogP) is 0.862. The van der Waals surface area contributed by atoms with E-state index in [1.807, 2.05) is 0 Å². The fraction of sp³-hybridized carbons (Fsp3) is 0.455. The summed E-state index contributed by atoms with van der Waals surface area (Å²) in [5.41, 5.74) is 0.931. The quantitative estimate of drug-likeness (QED) is 0.834. The van der Waals surface area contributed by atoms with Crippen LogP contribution in [-0.2, 0) is 16.4 Å². The molecule has 0 aromatic heterocycles. The largest absolute Gasteiger partial charge is 0.396 e. The molecule has 0 spiro atoms. The number of aliphatic hydroxyl groups excluding tert-OH is 1. The third-order valence-corrected chi connectivity index (χ3v) is 4.42. The van der Waals surface area contributed by atoms with Crippen LogP contribution in [0, 0.1) is 0 Å². The highest BCUT2D eigenvalue weighted by atomic mass is 32.2. The number of hydrogen-bond donors (Lipinski definition) is 1. The molecule has 0 atom stereocenters. The molecular weight excluding hydrogens is 226 g/mol. The van der Waals surface area contributed by atoms with Crippen molar-refractivity contribution >= 4 is 10.0 Å².